The third kappa shape index (κ3) is 4.59. The van der Waals surface area contributed by atoms with Gasteiger partial charge in [-0.1, -0.05) is 13.0 Å². The summed E-state index contributed by atoms with van der Waals surface area (Å²) in [5.41, 5.74) is 6.83. The zero-order valence-corrected chi connectivity index (χ0v) is 10.7. The van der Waals surface area contributed by atoms with Gasteiger partial charge in [-0.25, -0.2) is 0 Å². The van der Waals surface area contributed by atoms with Crippen LogP contribution in [0.1, 0.15) is 25.3 Å². The van der Waals surface area contributed by atoms with E-state index >= 15 is 0 Å². The highest BCUT2D eigenvalue weighted by atomic mass is 16.4. The Morgan fingerprint density at radius 2 is 2.11 bits per heavy atom. The van der Waals surface area contributed by atoms with Crippen LogP contribution in [0.2, 0.25) is 0 Å². The minimum Gasteiger partial charge on any atom is -0.506 e. The Morgan fingerprint density at radius 3 is 2.68 bits per heavy atom. The van der Waals surface area contributed by atoms with Crippen molar-refractivity contribution >= 4 is 17.6 Å². The van der Waals surface area contributed by atoms with Crippen molar-refractivity contribution in [2.24, 2.45) is 5.73 Å². The molecule has 1 rings (SSSR count). The molecule has 5 N–H and O–H groups in total. The highest BCUT2D eigenvalue weighted by Gasteiger charge is 2.16. The molecule has 0 saturated carbocycles. The first kappa shape index (κ1) is 15.0. The first-order valence-corrected chi connectivity index (χ1v) is 6.04. The third-order valence-electron chi connectivity index (χ3n) is 2.73. The molecule has 6 nitrogen and oxygen atoms in total. The van der Waals surface area contributed by atoms with Gasteiger partial charge in [0.05, 0.1) is 11.7 Å². The number of aryl methyl sites for hydroxylation is 1. The number of carbonyl (C=O) groups is 2. The summed E-state index contributed by atoms with van der Waals surface area (Å²) in [6.07, 6.45) is 0.652. The second kappa shape index (κ2) is 6.75. The first-order chi connectivity index (χ1) is 8.93. The third-order valence-corrected chi connectivity index (χ3v) is 2.73. The lowest BCUT2D eigenvalue weighted by Gasteiger charge is -2.13. The number of rotatable bonds is 6. The molecule has 1 amide bonds. The predicted molar refractivity (Wildman–Crippen MR) is 71.0 cm³/mol. The van der Waals surface area contributed by atoms with Gasteiger partial charge in [0.1, 0.15) is 5.75 Å². The Hall–Kier alpha value is -2.08. The molecule has 0 aliphatic heterocycles. The average molecular weight is 266 g/mol. The number of anilines is 1. The van der Waals surface area contributed by atoms with E-state index in [9.17, 15) is 14.7 Å². The Labute approximate surface area is 111 Å². The fourth-order valence-corrected chi connectivity index (χ4v) is 1.54. The van der Waals surface area contributed by atoms with Crippen LogP contribution in [0.4, 0.5) is 5.69 Å². The molecule has 1 aromatic rings. The molecule has 19 heavy (non-hydrogen) atoms. The van der Waals surface area contributed by atoms with Crippen molar-refractivity contribution in [1.82, 2.24) is 0 Å². The standard InChI is InChI=1S/C13H18N2O4/c1-2-8-3-5-11(16)10(7-8)15-13(19)9(14)4-6-12(17)18/h3,5,7,9,16H,2,4,6,14H2,1H3,(H,15,19)(H,17,18). The maximum Gasteiger partial charge on any atom is 0.303 e. The van der Waals surface area contributed by atoms with Crippen molar-refractivity contribution in [1.29, 1.82) is 0 Å². The van der Waals surface area contributed by atoms with Gasteiger partial charge in [-0.15, -0.1) is 0 Å². The van der Waals surface area contributed by atoms with Crippen molar-refractivity contribution in [3.8, 4) is 5.75 Å². The lowest BCUT2D eigenvalue weighted by Crippen LogP contribution is -2.36. The van der Waals surface area contributed by atoms with E-state index in [2.05, 4.69) is 5.32 Å². The average Bonchev–Trinajstić information content (AvgIpc) is 2.38. The Bertz CT molecular complexity index is 474. The van der Waals surface area contributed by atoms with Crippen LogP contribution in [-0.4, -0.2) is 28.1 Å². The van der Waals surface area contributed by atoms with Crippen molar-refractivity contribution < 1.29 is 19.8 Å². The number of carboxylic acid groups (broad SMARTS) is 1. The van der Waals surface area contributed by atoms with Gasteiger partial charge in [0.25, 0.3) is 0 Å². The highest BCUT2D eigenvalue weighted by molar-refractivity contribution is 5.96. The molecule has 1 unspecified atom stereocenters. The van der Waals surface area contributed by atoms with Gasteiger partial charge in [-0.05, 0) is 30.5 Å². The summed E-state index contributed by atoms with van der Waals surface area (Å²) >= 11 is 0. The van der Waals surface area contributed by atoms with Crippen LogP contribution in [0, 0.1) is 0 Å². The molecule has 1 aromatic carbocycles. The summed E-state index contributed by atoms with van der Waals surface area (Å²) in [7, 11) is 0. The number of nitrogens with one attached hydrogen (secondary N) is 1. The number of hydrogen-bond acceptors (Lipinski definition) is 4. The number of aromatic hydroxyl groups is 1. The van der Waals surface area contributed by atoms with E-state index < -0.39 is 17.9 Å². The van der Waals surface area contributed by atoms with Gasteiger partial charge < -0.3 is 21.3 Å². The number of amides is 1. The van der Waals surface area contributed by atoms with Crippen molar-refractivity contribution in [2.75, 3.05) is 5.32 Å². The second-order valence-electron chi connectivity index (χ2n) is 4.23. The Kier molecular flexibility index (Phi) is 5.32. The number of aliphatic carboxylic acids is 1. The number of phenols is 1. The summed E-state index contributed by atoms with van der Waals surface area (Å²) in [6, 6.07) is 4.00. The SMILES string of the molecule is CCc1ccc(O)c(NC(=O)C(N)CCC(=O)O)c1. The number of hydrogen-bond donors (Lipinski definition) is 4. The molecule has 0 saturated heterocycles. The second-order valence-corrected chi connectivity index (χ2v) is 4.23. The Balaban J connectivity index is 2.68. The van der Waals surface area contributed by atoms with Gasteiger partial charge >= 0.3 is 5.97 Å². The lowest BCUT2D eigenvalue weighted by molar-refractivity contribution is -0.137. The predicted octanol–water partition coefficient (Wildman–Crippen LogP) is 1.09. The number of carboxylic acids is 1. The number of carbonyl (C=O) groups excluding carboxylic acids is 1. The summed E-state index contributed by atoms with van der Waals surface area (Å²) in [5.74, 6) is -1.56. The van der Waals surface area contributed by atoms with E-state index in [1.807, 2.05) is 6.92 Å². The number of benzene rings is 1. The van der Waals surface area contributed by atoms with E-state index in [0.717, 1.165) is 12.0 Å². The van der Waals surface area contributed by atoms with Crippen molar-refractivity contribution in [3.63, 3.8) is 0 Å². The first-order valence-electron chi connectivity index (χ1n) is 6.04. The Morgan fingerprint density at radius 1 is 1.42 bits per heavy atom. The van der Waals surface area contributed by atoms with Gasteiger partial charge in [-0.3, -0.25) is 9.59 Å². The highest BCUT2D eigenvalue weighted by Crippen LogP contribution is 2.24. The zero-order valence-electron chi connectivity index (χ0n) is 10.7. The summed E-state index contributed by atoms with van der Waals surface area (Å²) < 4.78 is 0. The molecular formula is C13H18N2O4. The van der Waals surface area contributed by atoms with Crippen LogP contribution in [-0.2, 0) is 16.0 Å². The fraction of sp³-hybridized carbons (Fsp3) is 0.385. The van der Waals surface area contributed by atoms with E-state index in [1.165, 1.54) is 6.07 Å². The number of nitrogens with two attached hydrogens (primary N) is 1. The van der Waals surface area contributed by atoms with Crippen molar-refractivity contribution in [2.45, 2.75) is 32.2 Å². The minimum atomic E-state index is -1.00. The normalized spacial score (nSPS) is 11.9. The molecule has 0 heterocycles. The zero-order chi connectivity index (χ0) is 14.4. The summed E-state index contributed by atoms with van der Waals surface area (Å²) in [4.78, 5) is 22.1. The largest absolute Gasteiger partial charge is 0.506 e. The molecule has 0 spiro atoms. The fourth-order valence-electron chi connectivity index (χ4n) is 1.54. The van der Waals surface area contributed by atoms with Crippen LogP contribution in [0.5, 0.6) is 5.75 Å². The molecular weight excluding hydrogens is 248 g/mol. The van der Waals surface area contributed by atoms with E-state index in [1.54, 1.807) is 12.1 Å². The van der Waals surface area contributed by atoms with Gasteiger partial charge in [-0.2, -0.15) is 0 Å². The van der Waals surface area contributed by atoms with Gasteiger partial charge in [0.15, 0.2) is 0 Å². The summed E-state index contributed by atoms with van der Waals surface area (Å²) in [6.45, 7) is 1.95. The minimum absolute atomic E-state index is 0.0454. The molecule has 0 fully saturated rings. The topological polar surface area (TPSA) is 113 Å². The van der Waals surface area contributed by atoms with Crippen LogP contribution in [0.3, 0.4) is 0 Å². The van der Waals surface area contributed by atoms with Crippen LogP contribution >= 0.6 is 0 Å². The maximum absolute atomic E-state index is 11.7. The monoisotopic (exact) mass is 266 g/mol. The quantitative estimate of drug-likeness (QED) is 0.576. The number of phenolic OH excluding ortho intramolecular Hbond substituents is 1. The van der Waals surface area contributed by atoms with E-state index in [-0.39, 0.29) is 24.3 Å². The summed E-state index contributed by atoms with van der Waals surface area (Å²) in [5, 5.41) is 20.7. The van der Waals surface area contributed by atoms with Gasteiger partial charge in [0, 0.05) is 6.42 Å². The van der Waals surface area contributed by atoms with E-state index in [0.29, 0.717) is 0 Å². The molecule has 0 bridgehead atoms. The molecule has 1 atom stereocenters. The van der Waals surface area contributed by atoms with Crippen LogP contribution in [0.15, 0.2) is 18.2 Å². The molecule has 6 heteroatoms. The van der Waals surface area contributed by atoms with Crippen molar-refractivity contribution in [3.05, 3.63) is 23.8 Å². The van der Waals surface area contributed by atoms with Gasteiger partial charge in [0.2, 0.25) is 5.91 Å². The van der Waals surface area contributed by atoms with E-state index in [4.69, 9.17) is 10.8 Å². The van der Waals surface area contributed by atoms with Crippen LogP contribution < -0.4 is 11.1 Å². The molecule has 0 aliphatic rings. The molecule has 0 radical (unpaired) electrons. The molecule has 0 aliphatic carbocycles. The van der Waals surface area contributed by atoms with Crippen LogP contribution in [0.25, 0.3) is 0 Å². The lowest BCUT2D eigenvalue weighted by atomic mass is 10.1. The molecule has 104 valence electrons. The molecule has 0 aromatic heterocycles. The maximum atomic E-state index is 11.7. The smallest absolute Gasteiger partial charge is 0.303 e.